The molecular weight excluding hydrogens is 609 g/mol. The third-order valence-corrected chi connectivity index (χ3v) is 8.77. The topological polar surface area (TPSA) is 115 Å². The summed E-state index contributed by atoms with van der Waals surface area (Å²) in [5, 5.41) is 34.1. The number of anilines is 1. The molecule has 1 amide bonds. The molecule has 12 heteroatoms. The molecule has 44 heavy (non-hydrogen) atoms. The van der Waals surface area contributed by atoms with Gasteiger partial charge in [0.2, 0.25) is 6.41 Å². The summed E-state index contributed by atoms with van der Waals surface area (Å²) in [5.74, 6) is -1.22. The number of hydrogen-bond donors (Lipinski definition) is 4. The van der Waals surface area contributed by atoms with Crippen LogP contribution in [0.3, 0.4) is 0 Å². The van der Waals surface area contributed by atoms with E-state index in [-0.39, 0.29) is 27.1 Å². The lowest BCUT2D eigenvalue weighted by molar-refractivity contribution is -0.105. The van der Waals surface area contributed by atoms with Gasteiger partial charge in [0.1, 0.15) is 17.0 Å². The van der Waals surface area contributed by atoms with Gasteiger partial charge in [0.05, 0.1) is 23.2 Å². The number of carbonyl (C=O) groups is 1. The summed E-state index contributed by atoms with van der Waals surface area (Å²) < 4.78 is 31.6. The van der Waals surface area contributed by atoms with E-state index in [1.807, 2.05) is 0 Å². The molecule has 0 saturated carbocycles. The zero-order valence-corrected chi connectivity index (χ0v) is 26.5. The maximum Gasteiger partial charge on any atom is 0.212 e. The number of hydrogen-bond acceptors (Lipinski definition) is 6. The number of benzene rings is 2. The number of nitrogens with zero attached hydrogens (tertiary/aromatic N) is 3. The molecule has 3 heterocycles. The number of rotatable bonds is 7. The first kappa shape index (κ1) is 33.8. The highest BCUT2D eigenvalue weighted by Crippen LogP contribution is 2.50. The van der Waals surface area contributed by atoms with Crippen molar-refractivity contribution in [1.82, 2.24) is 20.4 Å². The normalized spacial score (nSPS) is 22.9. The van der Waals surface area contributed by atoms with Gasteiger partial charge in [0.25, 0.3) is 0 Å². The fourth-order valence-corrected chi connectivity index (χ4v) is 6.51. The van der Waals surface area contributed by atoms with Crippen molar-refractivity contribution in [3.63, 3.8) is 0 Å². The SMILES string of the molecule is CC(C)(C)CC1NCC(c2cccc(Cl)c2F)[C@@]1(C#N)c1ccc(Cl)cc1F.O=CNc1ccn(CC2(O)CCNCC2)n1. The van der Waals surface area contributed by atoms with Crippen molar-refractivity contribution in [3.8, 4) is 6.07 Å². The van der Waals surface area contributed by atoms with Gasteiger partial charge in [0.15, 0.2) is 5.82 Å². The molecule has 0 spiro atoms. The van der Waals surface area contributed by atoms with Crippen molar-refractivity contribution in [3.05, 3.63) is 81.5 Å². The van der Waals surface area contributed by atoms with Gasteiger partial charge in [-0.1, -0.05) is 62.2 Å². The predicted octanol–water partition coefficient (Wildman–Crippen LogP) is 5.79. The molecule has 2 aliphatic rings. The summed E-state index contributed by atoms with van der Waals surface area (Å²) in [4.78, 5) is 10.2. The summed E-state index contributed by atoms with van der Waals surface area (Å²) in [5.41, 5.74) is -1.57. The molecule has 0 bridgehead atoms. The predicted molar refractivity (Wildman–Crippen MR) is 168 cm³/mol. The van der Waals surface area contributed by atoms with Crippen LogP contribution in [0.15, 0.2) is 48.7 Å². The molecule has 1 aromatic heterocycles. The lowest BCUT2D eigenvalue weighted by atomic mass is 9.64. The lowest BCUT2D eigenvalue weighted by Crippen LogP contribution is -2.44. The van der Waals surface area contributed by atoms with Crippen molar-refractivity contribution < 1.29 is 18.7 Å². The Balaban J connectivity index is 0.000000233. The number of aliphatic hydroxyl groups is 1. The van der Waals surface area contributed by atoms with E-state index in [1.165, 1.54) is 12.1 Å². The van der Waals surface area contributed by atoms with Gasteiger partial charge >= 0.3 is 0 Å². The smallest absolute Gasteiger partial charge is 0.212 e. The van der Waals surface area contributed by atoms with E-state index in [2.05, 4.69) is 47.9 Å². The summed E-state index contributed by atoms with van der Waals surface area (Å²) in [6.45, 7) is 8.64. The molecule has 3 atom stereocenters. The molecule has 2 unspecified atom stereocenters. The van der Waals surface area contributed by atoms with Gasteiger partial charge < -0.3 is 21.1 Å². The first-order valence-electron chi connectivity index (χ1n) is 14.5. The second-order valence-corrected chi connectivity index (χ2v) is 13.5. The second-order valence-electron chi connectivity index (χ2n) is 12.7. The Kier molecular flexibility index (Phi) is 10.7. The van der Waals surface area contributed by atoms with Gasteiger partial charge in [-0.25, -0.2) is 8.78 Å². The summed E-state index contributed by atoms with van der Waals surface area (Å²) in [6, 6.07) is 12.8. The fourth-order valence-electron chi connectivity index (χ4n) is 6.17. The van der Waals surface area contributed by atoms with Crippen molar-refractivity contribution in [1.29, 1.82) is 5.26 Å². The maximum atomic E-state index is 15.0. The molecule has 2 aliphatic heterocycles. The number of nitriles is 1. The molecular formula is C32H38Cl2F2N6O2. The molecule has 8 nitrogen and oxygen atoms in total. The first-order valence-corrected chi connectivity index (χ1v) is 15.3. The van der Waals surface area contributed by atoms with E-state index < -0.39 is 28.6 Å². The minimum Gasteiger partial charge on any atom is -0.388 e. The van der Waals surface area contributed by atoms with E-state index >= 15 is 4.39 Å². The highest BCUT2D eigenvalue weighted by atomic mass is 35.5. The molecule has 0 aliphatic carbocycles. The minimum absolute atomic E-state index is 0.0137. The maximum absolute atomic E-state index is 15.0. The number of aromatic nitrogens is 2. The number of amides is 1. The van der Waals surface area contributed by atoms with Crippen LogP contribution in [0.2, 0.25) is 10.0 Å². The molecule has 4 N–H and O–H groups in total. The quantitative estimate of drug-likeness (QED) is 0.242. The molecule has 236 valence electrons. The number of carbonyl (C=O) groups excluding carboxylic acids is 1. The average Bonchev–Trinajstić information content (AvgIpc) is 3.54. The van der Waals surface area contributed by atoms with Crippen LogP contribution in [0.5, 0.6) is 0 Å². The Labute approximate surface area is 266 Å². The van der Waals surface area contributed by atoms with E-state index in [1.54, 1.807) is 41.2 Å². The van der Waals surface area contributed by atoms with Crippen LogP contribution < -0.4 is 16.0 Å². The second kappa shape index (κ2) is 13.9. The highest BCUT2D eigenvalue weighted by Gasteiger charge is 2.55. The zero-order valence-electron chi connectivity index (χ0n) is 25.0. The van der Waals surface area contributed by atoms with Crippen LogP contribution in [0, 0.1) is 28.4 Å². The Morgan fingerprint density at radius 1 is 1.20 bits per heavy atom. The van der Waals surface area contributed by atoms with Gasteiger partial charge in [0, 0.05) is 41.4 Å². The van der Waals surface area contributed by atoms with Gasteiger partial charge in [-0.2, -0.15) is 10.4 Å². The number of piperidine rings is 1. The number of halogens is 4. The van der Waals surface area contributed by atoms with Crippen LogP contribution in [0.4, 0.5) is 14.6 Å². The molecule has 0 radical (unpaired) electrons. The third kappa shape index (κ3) is 7.59. The van der Waals surface area contributed by atoms with Crippen LogP contribution in [0.1, 0.15) is 57.1 Å². The first-order chi connectivity index (χ1) is 20.8. The highest BCUT2D eigenvalue weighted by molar-refractivity contribution is 6.31. The molecule has 3 aromatic rings. The monoisotopic (exact) mass is 646 g/mol. The molecule has 2 fully saturated rings. The van der Waals surface area contributed by atoms with Gasteiger partial charge in [-0.15, -0.1) is 0 Å². The Hall–Kier alpha value is -3.07. The Morgan fingerprint density at radius 3 is 2.57 bits per heavy atom. The molecule has 5 rings (SSSR count). The number of nitrogens with one attached hydrogen (secondary N) is 3. The minimum atomic E-state index is -1.30. The van der Waals surface area contributed by atoms with E-state index in [0.717, 1.165) is 25.9 Å². The van der Waals surface area contributed by atoms with Crippen molar-refractivity contribution in [2.24, 2.45) is 5.41 Å². The van der Waals surface area contributed by atoms with Crippen molar-refractivity contribution in [2.45, 2.75) is 69.6 Å². The summed E-state index contributed by atoms with van der Waals surface area (Å²) >= 11 is 11.9. The standard InChI is InChI=1S/C22H22Cl2F2N2.C10H16N4O2/c1-21(2,3)10-19-22(12-27,15-8-7-13(23)9-18(15)25)16(11-28-19)14-5-4-6-17(24)20(14)26;15-8-12-9-1-6-14(13-9)7-10(16)2-4-11-5-3-10/h4-9,16,19,28H,10-11H2,1-3H3;1,6,8,11,16H,2-5,7H2,(H,12,13,15)/t16?,19?,22-;/m1./s1. The largest absolute Gasteiger partial charge is 0.388 e. The summed E-state index contributed by atoms with van der Waals surface area (Å²) in [6.07, 6.45) is 4.41. The van der Waals surface area contributed by atoms with E-state index in [9.17, 15) is 19.6 Å². The van der Waals surface area contributed by atoms with E-state index in [4.69, 9.17) is 23.2 Å². The van der Waals surface area contributed by atoms with Gasteiger partial charge in [-0.3, -0.25) is 9.48 Å². The molecule has 2 saturated heterocycles. The van der Waals surface area contributed by atoms with Crippen LogP contribution in [0.25, 0.3) is 0 Å². The van der Waals surface area contributed by atoms with Crippen LogP contribution in [-0.2, 0) is 16.8 Å². The molecule has 2 aromatic carbocycles. The Bertz CT molecular complexity index is 1500. The zero-order chi connectivity index (χ0) is 32.1. The Morgan fingerprint density at radius 2 is 1.93 bits per heavy atom. The summed E-state index contributed by atoms with van der Waals surface area (Å²) in [7, 11) is 0. The lowest BCUT2D eigenvalue weighted by Gasteiger charge is -2.37. The van der Waals surface area contributed by atoms with Crippen molar-refractivity contribution in [2.75, 3.05) is 25.0 Å². The van der Waals surface area contributed by atoms with E-state index in [0.29, 0.717) is 37.3 Å². The van der Waals surface area contributed by atoms with Crippen LogP contribution in [-0.4, -0.2) is 52.6 Å². The fraction of sp³-hybridized carbons (Fsp3) is 0.469. The van der Waals surface area contributed by atoms with Crippen molar-refractivity contribution >= 4 is 35.4 Å². The van der Waals surface area contributed by atoms with Gasteiger partial charge in [-0.05, 0) is 61.5 Å². The average molecular weight is 648 g/mol. The third-order valence-electron chi connectivity index (χ3n) is 8.24. The van der Waals surface area contributed by atoms with Crippen LogP contribution >= 0.6 is 23.2 Å².